The van der Waals surface area contributed by atoms with Gasteiger partial charge in [0.15, 0.2) is 0 Å². The number of benzene rings is 6. The highest BCUT2D eigenvalue weighted by Crippen LogP contribution is 2.35. The van der Waals surface area contributed by atoms with Crippen LogP contribution in [0.1, 0.15) is 60.1 Å². The summed E-state index contributed by atoms with van der Waals surface area (Å²) in [6.07, 6.45) is 13.5. The molecule has 0 bridgehead atoms. The summed E-state index contributed by atoms with van der Waals surface area (Å²) in [6.45, 7) is 4.45. The standard InChI is InChI=1S/C42H37N/c1-3-5-29-7-11-31(12-8-29)15-17-33-19-23-37-35(27-33)21-25-39-40-26-22-36-28-34(20-24-38(36)42(40)43-41(37)39)18-16-32-13-9-30(6-4-2)10-14-32/h7-28,43H,3-6H2,1-2H3/b17-15+,18-16+. The van der Waals surface area contributed by atoms with Crippen LogP contribution >= 0.6 is 0 Å². The third-order valence-electron chi connectivity index (χ3n) is 8.60. The van der Waals surface area contributed by atoms with Gasteiger partial charge in [0, 0.05) is 21.5 Å². The minimum Gasteiger partial charge on any atom is -0.353 e. The average Bonchev–Trinajstić information content (AvgIpc) is 3.44. The number of aromatic nitrogens is 1. The molecule has 0 fully saturated rings. The van der Waals surface area contributed by atoms with Gasteiger partial charge in [-0.1, -0.05) is 148 Å². The first-order valence-electron chi connectivity index (χ1n) is 15.6. The van der Waals surface area contributed by atoms with E-state index < -0.39 is 0 Å². The molecule has 0 amide bonds. The SMILES string of the molecule is CCCc1ccc(/C=C/c2ccc3c(ccc4c5ccc6cc(/C=C/c7ccc(CCC)cc7)ccc6c5[nH]c34)c2)cc1. The lowest BCUT2D eigenvalue weighted by Gasteiger charge is -2.03. The Morgan fingerprint density at radius 3 is 1.21 bits per heavy atom. The van der Waals surface area contributed by atoms with Gasteiger partial charge in [0.1, 0.15) is 0 Å². The van der Waals surface area contributed by atoms with E-state index in [1.807, 2.05) is 0 Å². The molecular weight excluding hydrogens is 518 g/mol. The van der Waals surface area contributed by atoms with Gasteiger partial charge in [0.05, 0.1) is 11.0 Å². The van der Waals surface area contributed by atoms with E-state index in [9.17, 15) is 0 Å². The first-order chi connectivity index (χ1) is 21.2. The maximum absolute atomic E-state index is 3.81. The number of fused-ring (bicyclic) bond motifs is 7. The predicted molar refractivity (Wildman–Crippen MR) is 190 cm³/mol. The zero-order valence-corrected chi connectivity index (χ0v) is 25.0. The maximum Gasteiger partial charge on any atom is 0.0544 e. The van der Waals surface area contributed by atoms with Gasteiger partial charge in [-0.15, -0.1) is 0 Å². The average molecular weight is 556 g/mol. The van der Waals surface area contributed by atoms with Gasteiger partial charge >= 0.3 is 0 Å². The predicted octanol–water partition coefficient (Wildman–Crippen LogP) is 11.9. The van der Waals surface area contributed by atoms with E-state index in [-0.39, 0.29) is 0 Å². The molecule has 1 N–H and O–H groups in total. The van der Waals surface area contributed by atoms with Gasteiger partial charge in [-0.3, -0.25) is 0 Å². The van der Waals surface area contributed by atoms with Crippen molar-refractivity contribution in [1.82, 2.24) is 4.98 Å². The van der Waals surface area contributed by atoms with Crippen LogP contribution in [0, 0.1) is 0 Å². The van der Waals surface area contributed by atoms with E-state index in [0.717, 1.165) is 12.8 Å². The summed E-state index contributed by atoms with van der Waals surface area (Å²) < 4.78 is 0. The molecule has 0 aliphatic rings. The summed E-state index contributed by atoms with van der Waals surface area (Å²) >= 11 is 0. The van der Waals surface area contributed by atoms with Gasteiger partial charge in [0.2, 0.25) is 0 Å². The molecule has 1 nitrogen and oxygen atoms in total. The molecule has 0 saturated carbocycles. The molecule has 1 heteroatoms. The van der Waals surface area contributed by atoms with Gasteiger partial charge in [-0.05, 0) is 69.1 Å². The second-order valence-corrected chi connectivity index (χ2v) is 11.7. The van der Waals surface area contributed by atoms with Gasteiger partial charge in [-0.2, -0.15) is 0 Å². The van der Waals surface area contributed by atoms with Crippen molar-refractivity contribution in [2.75, 3.05) is 0 Å². The molecule has 0 radical (unpaired) electrons. The first-order valence-corrected chi connectivity index (χ1v) is 15.6. The van der Waals surface area contributed by atoms with Crippen molar-refractivity contribution in [1.29, 1.82) is 0 Å². The Balaban J connectivity index is 1.18. The van der Waals surface area contributed by atoms with E-state index in [2.05, 4.69) is 152 Å². The summed E-state index contributed by atoms with van der Waals surface area (Å²) in [5.41, 5.74) is 10.1. The van der Waals surface area contributed by atoms with Crippen LogP contribution < -0.4 is 0 Å². The molecule has 6 aromatic carbocycles. The minimum atomic E-state index is 1.14. The topological polar surface area (TPSA) is 15.8 Å². The molecule has 0 aliphatic heterocycles. The van der Waals surface area contributed by atoms with Gasteiger partial charge in [0.25, 0.3) is 0 Å². The van der Waals surface area contributed by atoms with Crippen LogP contribution in [0.15, 0.2) is 109 Å². The zero-order valence-electron chi connectivity index (χ0n) is 25.0. The lowest BCUT2D eigenvalue weighted by atomic mass is 10.0. The third kappa shape index (κ3) is 5.51. The summed E-state index contributed by atoms with van der Waals surface area (Å²) in [5, 5.41) is 7.56. The smallest absolute Gasteiger partial charge is 0.0544 e. The summed E-state index contributed by atoms with van der Waals surface area (Å²) in [4.78, 5) is 3.81. The van der Waals surface area contributed by atoms with E-state index in [1.54, 1.807) is 0 Å². The lowest BCUT2D eigenvalue weighted by Crippen LogP contribution is -1.82. The van der Waals surface area contributed by atoms with Crippen LogP contribution in [0.5, 0.6) is 0 Å². The van der Waals surface area contributed by atoms with Crippen molar-refractivity contribution < 1.29 is 0 Å². The Morgan fingerprint density at radius 2 is 0.791 bits per heavy atom. The van der Waals surface area contributed by atoms with E-state index in [4.69, 9.17) is 0 Å². The van der Waals surface area contributed by atoms with Gasteiger partial charge in [-0.25, -0.2) is 0 Å². The van der Waals surface area contributed by atoms with Crippen molar-refractivity contribution in [3.63, 3.8) is 0 Å². The molecule has 0 saturated heterocycles. The second-order valence-electron chi connectivity index (χ2n) is 11.7. The second kappa shape index (κ2) is 11.8. The fraction of sp³-hybridized carbons (Fsp3) is 0.143. The van der Waals surface area contributed by atoms with Crippen molar-refractivity contribution >= 4 is 67.7 Å². The number of hydrogen-bond donors (Lipinski definition) is 1. The Hall–Kier alpha value is -4.88. The zero-order chi connectivity index (χ0) is 29.2. The quantitative estimate of drug-likeness (QED) is 0.180. The normalized spacial score (nSPS) is 12.1. The van der Waals surface area contributed by atoms with Gasteiger partial charge < -0.3 is 4.98 Å². The van der Waals surface area contributed by atoms with Crippen molar-refractivity contribution in [3.8, 4) is 0 Å². The van der Waals surface area contributed by atoms with Crippen LogP contribution in [0.25, 0.3) is 67.7 Å². The third-order valence-corrected chi connectivity index (χ3v) is 8.60. The highest BCUT2D eigenvalue weighted by atomic mass is 14.7. The molecule has 0 unspecified atom stereocenters. The number of aryl methyl sites for hydroxylation is 2. The number of aromatic amines is 1. The van der Waals surface area contributed by atoms with Crippen molar-refractivity contribution in [2.45, 2.75) is 39.5 Å². The summed E-state index contributed by atoms with van der Waals surface area (Å²) in [7, 11) is 0. The molecule has 0 spiro atoms. The highest BCUT2D eigenvalue weighted by Gasteiger charge is 2.11. The van der Waals surface area contributed by atoms with Crippen LogP contribution in [-0.2, 0) is 12.8 Å². The molecule has 0 aliphatic carbocycles. The van der Waals surface area contributed by atoms with Crippen LogP contribution in [0.3, 0.4) is 0 Å². The van der Waals surface area contributed by atoms with Crippen LogP contribution in [0.2, 0.25) is 0 Å². The summed E-state index contributed by atoms with van der Waals surface area (Å²) in [6, 6.07) is 40.4. The van der Waals surface area contributed by atoms with Crippen LogP contribution in [0.4, 0.5) is 0 Å². The molecule has 7 rings (SSSR count). The first kappa shape index (κ1) is 27.0. The minimum absolute atomic E-state index is 1.14. The fourth-order valence-corrected chi connectivity index (χ4v) is 6.30. The number of rotatable bonds is 8. The number of nitrogens with one attached hydrogen (secondary N) is 1. The molecule has 7 aromatic rings. The monoisotopic (exact) mass is 555 g/mol. The molecule has 43 heavy (non-hydrogen) atoms. The van der Waals surface area contributed by atoms with E-state index >= 15 is 0 Å². The molecular formula is C42H37N. The van der Waals surface area contributed by atoms with Crippen molar-refractivity contribution in [3.05, 3.63) is 143 Å². The highest BCUT2D eigenvalue weighted by molar-refractivity contribution is 6.22. The lowest BCUT2D eigenvalue weighted by molar-refractivity contribution is 0.922. The number of H-pyrrole nitrogens is 1. The Labute approximate surface area is 254 Å². The van der Waals surface area contributed by atoms with Crippen LogP contribution in [-0.4, -0.2) is 4.98 Å². The molecule has 1 heterocycles. The number of hydrogen-bond acceptors (Lipinski definition) is 0. The van der Waals surface area contributed by atoms with E-state index in [0.29, 0.717) is 0 Å². The fourth-order valence-electron chi connectivity index (χ4n) is 6.30. The Kier molecular flexibility index (Phi) is 7.39. The summed E-state index contributed by atoms with van der Waals surface area (Å²) in [5.74, 6) is 0. The Morgan fingerprint density at radius 1 is 0.419 bits per heavy atom. The Bertz CT molecular complexity index is 1970. The largest absolute Gasteiger partial charge is 0.353 e. The van der Waals surface area contributed by atoms with E-state index in [1.165, 1.54) is 89.6 Å². The molecule has 0 atom stereocenters. The van der Waals surface area contributed by atoms with Crippen molar-refractivity contribution in [2.24, 2.45) is 0 Å². The molecule has 1 aromatic heterocycles. The molecule has 210 valence electrons. The maximum atomic E-state index is 3.81.